The van der Waals surface area contributed by atoms with Crippen LogP contribution < -0.4 is 0 Å². The van der Waals surface area contributed by atoms with Crippen molar-refractivity contribution in [2.75, 3.05) is 0 Å². The van der Waals surface area contributed by atoms with E-state index in [1.807, 2.05) is 37.3 Å². The summed E-state index contributed by atoms with van der Waals surface area (Å²) < 4.78 is 25.1. The average molecular weight is 416 g/mol. The Hall–Kier alpha value is -1.21. The molecular weight excluding hydrogens is 401 g/mol. The van der Waals surface area contributed by atoms with Gasteiger partial charge in [-0.3, -0.25) is 4.79 Å². The molecule has 0 N–H and O–H groups in total. The Bertz CT molecular complexity index is 884. The van der Waals surface area contributed by atoms with E-state index in [0.29, 0.717) is 0 Å². The first-order valence-electron chi connectivity index (χ1n) is 7.47. The van der Waals surface area contributed by atoms with Crippen LogP contribution >= 0.6 is 35.0 Å². The smallest absolute Gasteiger partial charge is 0.270 e. The fourth-order valence-electron chi connectivity index (χ4n) is 2.51. The number of rotatable bonds is 4. The van der Waals surface area contributed by atoms with Crippen LogP contribution in [-0.4, -0.2) is 28.3 Å². The van der Waals surface area contributed by atoms with Crippen LogP contribution in [0.2, 0.25) is 0 Å². The van der Waals surface area contributed by atoms with E-state index in [2.05, 4.69) is 0 Å². The van der Waals surface area contributed by atoms with E-state index in [0.717, 1.165) is 14.8 Å². The minimum Gasteiger partial charge on any atom is -0.270 e. The highest BCUT2D eigenvalue weighted by atomic mass is 35.5. The van der Waals surface area contributed by atoms with Crippen LogP contribution in [-0.2, 0) is 14.8 Å². The van der Waals surface area contributed by atoms with Gasteiger partial charge in [-0.2, -0.15) is 0 Å². The number of nitrogens with zero attached hydrogens (tertiary/aromatic N) is 1. The molecule has 1 saturated heterocycles. The summed E-state index contributed by atoms with van der Waals surface area (Å²) >= 11 is 13.4. The maximum Gasteiger partial charge on any atom is 0.273 e. The van der Waals surface area contributed by atoms with Crippen molar-refractivity contribution in [1.82, 2.24) is 4.31 Å². The molecule has 3 rings (SSSR count). The third-order valence-corrected chi connectivity index (χ3v) is 7.56. The Balaban J connectivity index is 2.00. The van der Waals surface area contributed by atoms with E-state index in [9.17, 15) is 13.2 Å². The molecule has 1 atom stereocenters. The molecule has 2 aromatic rings. The van der Waals surface area contributed by atoms with Crippen molar-refractivity contribution in [2.45, 2.75) is 32.8 Å². The molecule has 1 amide bonds. The summed E-state index contributed by atoms with van der Waals surface area (Å²) in [6.45, 7) is 1.86. The maximum atomic E-state index is 13.0. The summed E-state index contributed by atoms with van der Waals surface area (Å²) in [5.74, 6) is -0.815. The number of alkyl halides is 2. The first-order valence-corrected chi connectivity index (χ1v) is 10.5. The highest BCUT2D eigenvalue weighted by Gasteiger charge is 2.54. The third-order valence-electron chi connectivity index (χ3n) is 3.80. The molecule has 1 aliphatic rings. The lowest BCUT2D eigenvalue weighted by Crippen LogP contribution is -2.39. The zero-order valence-corrected chi connectivity index (χ0v) is 16.4. The largest absolute Gasteiger partial charge is 0.273 e. The van der Waals surface area contributed by atoms with E-state index in [-0.39, 0.29) is 11.3 Å². The molecule has 0 bridgehead atoms. The molecule has 4 nitrogen and oxygen atoms in total. The number of thioether (sulfide) groups is 1. The quantitative estimate of drug-likeness (QED) is 0.701. The Morgan fingerprint density at radius 2 is 1.68 bits per heavy atom. The van der Waals surface area contributed by atoms with Gasteiger partial charge in [0.15, 0.2) is 4.33 Å². The molecule has 0 aliphatic carbocycles. The second kappa shape index (κ2) is 6.83. The Kier molecular flexibility index (Phi) is 5.08. The van der Waals surface area contributed by atoms with Gasteiger partial charge in [0.25, 0.3) is 15.9 Å². The molecule has 0 spiro atoms. The van der Waals surface area contributed by atoms with Crippen molar-refractivity contribution in [3.8, 4) is 0 Å². The van der Waals surface area contributed by atoms with Crippen molar-refractivity contribution in [1.29, 1.82) is 0 Å². The summed E-state index contributed by atoms with van der Waals surface area (Å²) in [6.07, 6.45) is 0.0135. The molecule has 2 aromatic carbocycles. The van der Waals surface area contributed by atoms with Gasteiger partial charge in [0.1, 0.15) is 5.37 Å². The second-order valence-corrected chi connectivity index (χ2v) is 10.3. The van der Waals surface area contributed by atoms with Crippen LogP contribution in [0.1, 0.15) is 12.0 Å². The molecule has 1 aliphatic heterocycles. The first-order chi connectivity index (χ1) is 11.7. The van der Waals surface area contributed by atoms with Gasteiger partial charge < -0.3 is 0 Å². The number of carbonyl (C=O) groups excluding carboxylic acids is 1. The third kappa shape index (κ3) is 3.67. The summed E-state index contributed by atoms with van der Waals surface area (Å²) in [7, 11) is -4.05. The Morgan fingerprint density at radius 1 is 1.08 bits per heavy atom. The van der Waals surface area contributed by atoms with E-state index >= 15 is 0 Å². The minimum absolute atomic E-state index is 0.0135. The highest BCUT2D eigenvalue weighted by molar-refractivity contribution is 8.01. The van der Waals surface area contributed by atoms with Crippen LogP contribution in [0.4, 0.5) is 0 Å². The average Bonchev–Trinajstić information content (AvgIpc) is 2.78. The van der Waals surface area contributed by atoms with Gasteiger partial charge in [-0.15, -0.1) is 0 Å². The lowest BCUT2D eigenvalue weighted by molar-refractivity contribution is -0.124. The summed E-state index contributed by atoms with van der Waals surface area (Å²) in [5.41, 5.74) is 0.922. The number of aryl methyl sites for hydroxylation is 1. The first kappa shape index (κ1) is 18.6. The SMILES string of the molecule is Cc1ccc(S(=O)(=O)N2C(=O)C(Cl)(Cl)C[C@H]2Sc2ccccc2)cc1. The summed E-state index contributed by atoms with van der Waals surface area (Å²) in [4.78, 5) is 13.5. The van der Waals surface area contributed by atoms with Crippen molar-refractivity contribution in [3.05, 3.63) is 60.2 Å². The molecule has 1 heterocycles. The van der Waals surface area contributed by atoms with Gasteiger partial charge in [0, 0.05) is 11.3 Å². The zero-order valence-electron chi connectivity index (χ0n) is 13.2. The zero-order chi connectivity index (χ0) is 18.2. The van der Waals surface area contributed by atoms with Crippen LogP contribution in [0.15, 0.2) is 64.4 Å². The summed E-state index contributed by atoms with van der Waals surface area (Å²) in [6, 6.07) is 15.5. The van der Waals surface area contributed by atoms with Crippen molar-refractivity contribution in [3.63, 3.8) is 0 Å². The predicted octanol–water partition coefficient (Wildman–Crippen LogP) is 4.21. The van der Waals surface area contributed by atoms with Gasteiger partial charge in [-0.25, -0.2) is 12.7 Å². The van der Waals surface area contributed by atoms with Crippen molar-refractivity contribution in [2.24, 2.45) is 0 Å². The normalized spacial score (nSPS) is 20.0. The molecule has 0 aromatic heterocycles. The molecule has 1 fully saturated rings. The minimum atomic E-state index is -4.05. The molecule has 0 unspecified atom stereocenters. The molecule has 25 heavy (non-hydrogen) atoms. The molecular formula is C17H15Cl2NO3S2. The van der Waals surface area contributed by atoms with Gasteiger partial charge in [0.2, 0.25) is 0 Å². The standard InChI is InChI=1S/C17H15Cl2NO3S2/c1-12-7-9-14(10-8-12)25(22,23)20-15(11-17(18,19)16(20)21)24-13-5-3-2-4-6-13/h2-10,15H,11H2,1H3/t15-/m1/s1. The molecule has 8 heteroatoms. The van der Waals surface area contributed by atoms with E-state index in [4.69, 9.17) is 23.2 Å². The number of benzene rings is 2. The fraction of sp³-hybridized carbons (Fsp3) is 0.235. The Morgan fingerprint density at radius 3 is 2.28 bits per heavy atom. The number of hydrogen-bond acceptors (Lipinski definition) is 4. The monoisotopic (exact) mass is 415 g/mol. The van der Waals surface area contributed by atoms with Gasteiger partial charge in [-0.05, 0) is 31.2 Å². The number of sulfonamides is 1. The number of halogens is 2. The number of amides is 1. The maximum absolute atomic E-state index is 13.0. The molecule has 132 valence electrons. The van der Waals surface area contributed by atoms with Gasteiger partial charge in [0.05, 0.1) is 4.90 Å². The lowest BCUT2D eigenvalue weighted by atomic mass is 10.2. The lowest BCUT2D eigenvalue weighted by Gasteiger charge is -2.23. The Labute approximate surface area is 161 Å². The van der Waals surface area contributed by atoms with Crippen LogP contribution in [0.3, 0.4) is 0 Å². The van der Waals surface area contributed by atoms with Gasteiger partial charge in [-0.1, -0.05) is 70.9 Å². The van der Waals surface area contributed by atoms with Crippen LogP contribution in [0, 0.1) is 6.92 Å². The molecule has 0 saturated carbocycles. The number of carbonyl (C=O) groups is 1. The van der Waals surface area contributed by atoms with Crippen molar-refractivity contribution >= 4 is 50.9 Å². The van der Waals surface area contributed by atoms with Crippen molar-refractivity contribution < 1.29 is 13.2 Å². The molecule has 0 radical (unpaired) electrons. The van der Waals surface area contributed by atoms with E-state index < -0.39 is 25.6 Å². The van der Waals surface area contributed by atoms with E-state index in [1.54, 1.807) is 12.1 Å². The van der Waals surface area contributed by atoms with Crippen LogP contribution in [0.5, 0.6) is 0 Å². The van der Waals surface area contributed by atoms with Gasteiger partial charge >= 0.3 is 0 Å². The second-order valence-electron chi connectivity index (χ2n) is 5.71. The van der Waals surface area contributed by atoms with E-state index in [1.165, 1.54) is 23.9 Å². The fourth-order valence-corrected chi connectivity index (χ4v) is 6.36. The highest BCUT2D eigenvalue weighted by Crippen LogP contribution is 2.46. The topological polar surface area (TPSA) is 54.5 Å². The summed E-state index contributed by atoms with van der Waals surface area (Å²) in [5, 5.41) is -0.712. The van der Waals surface area contributed by atoms with Crippen LogP contribution in [0.25, 0.3) is 0 Å². The predicted molar refractivity (Wildman–Crippen MR) is 100 cm³/mol. The number of hydrogen-bond donors (Lipinski definition) is 0.